The molecule has 0 amide bonds. The van der Waals surface area contributed by atoms with Gasteiger partial charge in [-0.3, -0.25) is 9.55 Å². The molecule has 7 aromatic rings. The lowest BCUT2D eigenvalue weighted by molar-refractivity contribution is 0.477. The predicted molar refractivity (Wildman–Crippen MR) is 192 cm³/mol. The van der Waals surface area contributed by atoms with Gasteiger partial charge < -0.3 is 5.11 Å². The first-order chi connectivity index (χ1) is 22.0. The van der Waals surface area contributed by atoms with Crippen LogP contribution in [-0.2, 0) is 10.8 Å². The van der Waals surface area contributed by atoms with Gasteiger partial charge in [-0.15, -0.1) is 0 Å². The van der Waals surface area contributed by atoms with Gasteiger partial charge in [0.15, 0.2) is 0 Å². The molecule has 2 aromatic heterocycles. The quantitative estimate of drug-likeness (QED) is 0.218. The van der Waals surface area contributed by atoms with Crippen molar-refractivity contribution >= 4 is 21.8 Å². The van der Waals surface area contributed by atoms with Crippen molar-refractivity contribution in [3.8, 4) is 45.2 Å². The Kier molecular flexibility index (Phi) is 7.05. The standard InChI is InChI=1S/C42H39N3O/c1-41(2,3)29-20-21-43-36(25-29)28-22-27-14-10-11-17-32(27)34(23-28)35-24-30(42(4,5)6)26-37-39(35)44-40(33-18-12-13-19-38(33)46)45(37)31-15-8-7-9-16-31/h7-26,46H,1-6H3. The van der Waals surface area contributed by atoms with Crippen molar-refractivity contribution in [2.75, 3.05) is 0 Å². The first-order valence-electron chi connectivity index (χ1n) is 15.9. The molecule has 1 N–H and O–H groups in total. The highest BCUT2D eigenvalue weighted by atomic mass is 16.3. The minimum Gasteiger partial charge on any atom is -0.507 e. The van der Waals surface area contributed by atoms with Crippen LogP contribution < -0.4 is 0 Å². The molecule has 0 aliphatic heterocycles. The van der Waals surface area contributed by atoms with Gasteiger partial charge in [0.25, 0.3) is 0 Å². The van der Waals surface area contributed by atoms with E-state index in [0.29, 0.717) is 11.4 Å². The second kappa shape index (κ2) is 11.0. The highest BCUT2D eigenvalue weighted by molar-refractivity contribution is 6.07. The molecule has 2 heterocycles. The molecular weight excluding hydrogens is 562 g/mol. The fraction of sp³-hybridized carbons (Fsp3) is 0.190. The Morgan fingerprint density at radius 2 is 1.30 bits per heavy atom. The summed E-state index contributed by atoms with van der Waals surface area (Å²) in [5, 5.41) is 13.4. The third-order valence-corrected chi connectivity index (χ3v) is 8.86. The molecule has 46 heavy (non-hydrogen) atoms. The van der Waals surface area contributed by atoms with Crippen molar-refractivity contribution in [1.82, 2.24) is 14.5 Å². The number of fused-ring (bicyclic) bond motifs is 2. The van der Waals surface area contributed by atoms with Gasteiger partial charge in [-0.05, 0) is 99.0 Å². The van der Waals surface area contributed by atoms with Crippen LogP contribution in [0.15, 0.2) is 121 Å². The van der Waals surface area contributed by atoms with Crippen LogP contribution in [0.4, 0.5) is 0 Å². The topological polar surface area (TPSA) is 50.9 Å². The van der Waals surface area contributed by atoms with Gasteiger partial charge >= 0.3 is 0 Å². The van der Waals surface area contributed by atoms with Crippen LogP contribution in [0.5, 0.6) is 5.75 Å². The molecule has 4 nitrogen and oxygen atoms in total. The molecular formula is C42H39N3O. The highest BCUT2D eigenvalue weighted by Gasteiger charge is 2.25. The number of phenols is 1. The number of phenolic OH excluding ortho intramolecular Hbond substituents is 1. The highest BCUT2D eigenvalue weighted by Crippen LogP contribution is 2.43. The lowest BCUT2D eigenvalue weighted by Crippen LogP contribution is -2.11. The molecule has 0 saturated heterocycles. The lowest BCUT2D eigenvalue weighted by Gasteiger charge is -2.22. The Labute approximate surface area is 271 Å². The maximum atomic E-state index is 11.1. The molecule has 0 spiro atoms. The molecule has 0 atom stereocenters. The van der Waals surface area contributed by atoms with Crippen molar-refractivity contribution < 1.29 is 5.11 Å². The van der Waals surface area contributed by atoms with Crippen LogP contribution in [0, 0.1) is 0 Å². The van der Waals surface area contributed by atoms with Gasteiger partial charge in [0.1, 0.15) is 11.6 Å². The molecule has 5 aromatic carbocycles. The van der Waals surface area contributed by atoms with E-state index in [9.17, 15) is 5.11 Å². The van der Waals surface area contributed by atoms with E-state index < -0.39 is 0 Å². The molecule has 0 unspecified atom stereocenters. The van der Waals surface area contributed by atoms with Crippen molar-refractivity contribution in [2.45, 2.75) is 52.4 Å². The lowest BCUT2D eigenvalue weighted by atomic mass is 9.83. The SMILES string of the molecule is CC(C)(C)c1ccnc(-c2cc(-c3cc(C(C)(C)C)cc4c3nc(-c3ccccc3O)n4-c3ccccc3)c3ccccc3c2)c1. The Morgan fingerprint density at radius 1 is 0.609 bits per heavy atom. The summed E-state index contributed by atoms with van der Waals surface area (Å²) in [4.78, 5) is 10.2. The number of hydrogen-bond acceptors (Lipinski definition) is 3. The predicted octanol–water partition coefficient (Wildman–Crippen LogP) is 10.9. The van der Waals surface area contributed by atoms with Crippen LogP contribution in [-0.4, -0.2) is 19.6 Å². The van der Waals surface area contributed by atoms with Crippen molar-refractivity contribution in [3.05, 3.63) is 133 Å². The molecule has 0 aliphatic rings. The van der Waals surface area contributed by atoms with Crippen LogP contribution in [0.3, 0.4) is 0 Å². The van der Waals surface area contributed by atoms with E-state index in [1.165, 1.54) is 11.1 Å². The Balaban J connectivity index is 1.60. The van der Waals surface area contributed by atoms with Crippen LogP contribution in [0.25, 0.3) is 61.3 Å². The summed E-state index contributed by atoms with van der Waals surface area (Å²) in [6.07, 6.45) is 1.92. The number of hydrogen-bond donors (Lipinski definition) is 1. The Bertz CT molecular complexity index is 2230. The molecule has 0 aliphatic carbocycles. The average molecular weight is 602 g/mol. The average Bonchev–Trinajstić information content (AvgIpc) is 3.43. The summed E-state index contributed by atoms with van der Waals surface area (Å²) in [5.41, 5.74) is 10.1. The zero-order chi connectivity index (χ0) is 32.2. The Morgan fingerprint density at radius 3 is 2.04 bits per heavy atom. The van der Waals surface area contributed by atoms with Crippen LogP contribution >= 0.6 is 0 Å². The summed E-state index contributed by atoms with van der Waals surface area (Å²) in [7, 11) is 0. The van der Waals surface area contributed by atoms with Gasteiger partial charge in [-0.25, -0.2) is 4.98 Å². The van der Waals surface area contributed by atoms with Gasteiger partial charge in [0, 0.05) is 23.0 Å². The fourth-order valence-corrected chi connectivity index (χ4v) is 6.23. The van der Waals surface area contributed by atoms with Gasteiger partial charge in [0.2, 0.25) is 0 Å². The number of imidazole rings is 1. The van der Waals surface area contributed by atoms with E-state index in [0.717, 1.165) is 49.9 Å². The number of aromatic hydroxyl groups is 1. The third-order valence-electron chi connectivity index (χ3n) is 8.86. The maximum absolute atomic E-state index is 11.1. The minimum absolute atomic E-state index is 0.00818. The van der Waals surface area contributed by atoms with Crippen LogP contribution in [0.1, 0.15) is 52.7 Å². The number of rotatable bonds is 4. The van der Waals surface area contributed by atoms with Crippen molar-refractivity contribution in [1.29, 1.82) is 0 Å². The molecule has 0 fully saturated rings. The first kappa shape index (κ1) is 29.5. The van der Waals surface area contributed by atoms with E-state index in [-0.39, 0.29) is 16.6 Å². The van der Waals surface area contributed by atoms with Gasteiger partial charge in [0.05, 0.1) is 22.3 Å². The zero-order valence-corrected chi connectivity index (χ0v) is 27.3. The molecule has 4 heteroatoms. The number of benzene rings is 5. The molecule has 228 valence electrons. The largest absolute Gasteiger partial charge is 0.507 e. The number of para-hydroxylation sites is 2. The molecule has 0 saturated carbocycles. The van der Waals surface area contributed by atoms with E-state index in [1.807, 2.05) is 42.6 Å². The third kappa shape index (κ3) is 5.24. The first-order valence-corrected chi connectivity index (χ1v) is 15.9. The number of pyridine rings is 1. The summed E-state index contributed by atoms with van der Waals surface area (Å²) >= 11 is 0. The zero-order valence-electron chi connectivity index (χ0n) is 27.3. The van der Waals surface area contributed by atoms with Gasteiger partial charge in [-0.2, -0.15) is 0 Å². The summed E-state index contributed by atoms with van der Waals surface area (Å²) < 4.78 is 2.18. The van der Waals surface area contributed by atoms with Crippen molar-refractivity contribution in [3.63, 3.8) is 0 Å². The number of nitrogens with zero attached hydrogens (tertiary/aromatic N) is 3. The van der Waals surface area contributed by atoms with E-state index in [1.54, 1.807) is 6.07 Å². The monoisotopic (exact) mass is 601 g/mol. The van der Waals surface area contributed by atoms with Crippen LogP contribution in [0.2, 0.25) is 0 Å². The smallest absolute Gasteiger partial charge is 0.149 e. The van der Waals surface area contributed by atoms with E-state index >= 15 is 0 Å². The van der Waals surface area contributed by atoms with E-state index in [2.05, 4.69) is 119 Å². The second-order valence-corrected chi connectivity index (χ2v) is 14.2. The number of aromatic nitrogens is 3. The summed E-state index contributed by atoms with van der Waals surface area (Å²) in [6.45, 7) is 13.5. The summed E-state index contributed by atoms with van der Waals surface area (Å²) in [6, 6.07) is 39.7. The normalized spacial score (nSPS) is 12.2. The fourth-order valence-electron chi connectivity index (χ4n) is 6.23. The molecule has 0 bridgehead atoms. The molecule has 7 rings (SSSR count). The second-order valence-electron chi connectivity index (χ2n) is 14.2. The van der Waals surface area contributed by atoms with E-state index in [4.69, 9.17) is 9.97 Å². The maximum Gasteiger partial charge on any atom is 0.149 e. The minimum atomic E-state index is -0.125. The van der Waals surface area contributed by atoms with Crippen molar-refractivity contribution in [2.24, 2.45) is 0 Å². The van der Waals surface area contributed by atoms with Gasteiger partial charge in [-0.1, -0.05) is 96.1 Å². The summed E-state index contributed by atoms with van der Waals surface area (Å²) in [5.74, 6) is 0.899. The Hall–Kier alpha value is -5.22. The molecule has 0 radical (unpaired) electrons.